The normalized spacial score (nSPS) is 10.1. The minimum atomic E-state index is -0.225. The summed E-state index contributed by atoms with van der Waals surface area (Å²) in [6, 6.07) is 14.0. The lowest BCUT2D eigenvalue weighted by atomic mass is 10.1. The van der Waals surface area contributed by atoms with E-state index in [1.165, 1.54) is 0 Å². The minimum absolute atomic E-state index is 0.133. The van der Waals surface area contributed by atoms with Crippen molar-refractivity contribution < 1.29 is 9.90 Å². The van der Waals surface area contributed by atoms with E-state index >= 15 is 0 Å². The summed E-state index contributed by atoms with van der Waals surface area (Å²) < 4.78 is 0. The second-order valence-electron chi connectivity index (χ2n) is 3.89. The zero-order valence-corrected chi connectivity index (χ0v) is 9.76. The molecule has 2 rings (SSSR count). The van der Waals surface area contributed by atoms with Crippen molar-refractivity contribution in [3.63, 3.8) is 0 Å². The van der Waals surface area contributed by atoms with Gasteiger partial charge < -0.3 is 16.2 Å². The van der Waals surface area contributed by atoms with Gasteiger partial charge in [-0.15, -0.1) is 0 Å². The van der Waals surface area contributed by atoms with Crippen LogP contribution in [-0.4, -0.2) is 11.0 Å². The van der Waals surface area contributed by atoms with Crippen molar-refractivity contribution in [1.29, 1.82) is 0 Å². The third-order valence-electron chi connectivity index (χ3n) is 2.61. The molecule has 0 saturated carbocycles. The van der Waals surface area contributed by atoms with Gasteiger partial charge in [-0.05, 0) is 24.3 Å². The molecule has 92 valence electrons. The number of anilines is 2. The summed E-state index contributed by atoms with van der Waals surface area (Å²) in [6.07, 6.45) is 0. The number of rotatable bonds is 3. The van der Waals surface area contributed by atoms with Crippen molar-refractivity contribution in [2.45, 2.75) is 6.61 Å². The van der Waals surface area contributed by atoms with Crippen LogP contribution in [0.4, 0.5) is 11.4 Å². The molecule has 0 heterocycles. The number of carbonyl (C=O) groups is 1. The largest absolute Gasteiger partial charge is 0.398 e. The Morgan fingerprint density at radius 3 is 2.50 bits per heavy atom. The smallest absolute Gasteiger partial charge is 0.255 e. The average Bonchev–Trinajstić information content (AvgIpc) is 2.39. The monoisotopic (exact) mass is 242 g/mol. The molecule has 2 aromatic rings. The fourth-order valence-electron chi connectivity index (χ4n) is 1.60. The number of carbonyl (C=O) groups excluding carboxylic acids is 1. The first-order valence-corrected chi connectivity index (χ1v) is 5.56. The number of aliphatic hydroxyl groups is 1. The second-order valence-corrected chi connectivity index (χ2v) is 3.89. The van der Waals surface area contributed by atoms with Gasteiger partial charge in [0.15, 0.2) is 0 Å². The summed E-state index contributed by atoms with van der Waals surface area (Å²) in [7, 11) is 0. The predicted molar refractivity (Wildman–Crippen MR) is 71.2 cm³/mol. The molecule has 0 bridgehead atoms. The van der Waals surface area contributed by atoms with Crippen LogP contribution in [-0.2, 0) is 6.61 Å². The SMILES string of the molecule is Nc1cc(C(=O)Nc2ccccc2)ccc1CO. The van der Waals surface area contributed by atoms with Crippen molar-refractivity contribution >= 4 is 17.3 Å². The molecule has 0 radical (unpaired) electrons. The van der Waals surface area contributed by atoms with Crippen molar-refractivity contribution in [3.8, 4) is 0 Å². The van der Waals surface area contributed by atoms with Crippen LogP contribution >= 0.6 is 0 Å². The number of nitrogen functional groups attached to an aromatic ring is 1. The molecule has 0 unspecified atom stereocenters. The van der Waals surface area contributed by atoms with E-state index in [2.05, 4.69) is 5.32 Å². The highest BCUT2D eigenvalue weighted by atomic mass is 16.3. The number of nitrogens with two attached hydrogens (primary N) is 1. The number of benzene rings is 2. The van der Waals surface area contributed by atoms with E-state index in [0.717, 1.165) is 5.69 Å². The van der Waals surface area contributed by atoms with E-state index in [-0.39, 0.29) is 12.5 Å². The Morgan fingerprint density at radius 2 is 1.89 bits per heavy atom. The van der Waals surface area contributed by atoms with Crippen LogP contribution in [0.15, 0.2) is 48.5 Å². The Kier molecular flexibility index (Phi) is 3.60. The molecular weight excluding hydrogens is 228 g/mol. The Bertz CT molecular complexity index is 553. The van der Waals surface area contributed by atoms with Crippen LogP contribution in [0.3, 0.4) is 0 Å². The molecule has 18 heavy (non-hydrogen) atoms. The first-order valence-electron chi connectivity index (χ1n) is 5.56. The van der Waals surface area contributed by atoms with Gasteiger partial charge in [0.1, 0.15) is 0 Å². The summed E-state index contributed by atoms with van der Waals surface area (Å²) in [5.41, 5.74) is 7.95. The minimum Gasteiger partial charge on any atom is -0.398 e. The van der Waals surface area contributed by atoms with E-state index in [9.17, 15) is 4.79 Å². The van der Waals surface area contributed by atoms with Crippen LogP contribution in [0, 0.1) is 0 Å². The van der Waals surface area contributed by atoms with Gasteiger partial charge >= 0.3 is 0 Å². The second kappa shape index (κ2) is 5.33. The summed E-state index contributed by atoms with van der Waals surface area (Å²) in [5, 5.41) is 11.8. The maximum absolute atomic E-state index is 11.9. The Balaban J connectivity index is 2.17. The first kappa shape index (κ1) is 12.1. The highest BCUT2D eigenvalue weighted by Crippen LogP contribution is 2.15. The lowest BCUT2D eigenvalue weighted by Crippen LogP contribution is -2.12. The lowest BCUT2D eigenvalue weighted by molar-refractivity contribution is 0.102. The third kappa shape index (κ3) is 2.67. The number of nitrogens with one attached hydrogen (secondary N) is 1. The van der Waals surface area contributed by atoms with Crippen molar-refractivity contribution in [1.82, 2.24) is 0 Å². The maximum atomic E-state index is 11.9. The van der Waals surface area contributed by atoms with Gasteiger partial charge in [0.25, 0.3) is 5.91 Å². The molecule has 4 N–H and O–H groups in total. The lowest BCUT2D eigenvalue weighted by Gasteiger charge is -2.07. The topological polar surface area (TPSA) is 75.4 Å². The zero-order valence-electron chi connectivity index (χ0n) is 9.76. The summed E-state index contributed by atoms with van der Waals surface area (Å²) in [6.45, 7) is -0.133. The Hall–Kier alpha value is -2.33. The van der Waals surface area contributed by atoms with Gasteiger partial charge in [0.2, 0.25) is 0 Å². The standard InChI is InChI=1S/C14H14N2O2/c15-13-8-10(6-7-11(13)9-17)14(18)16-12-4-2-1-3-5-12/h1-8,17H,9,15H2,(H,16,18). The van der Waals surface area contributed by atoms with Crippen LogP contribution in [0.1, 0.15) is 15.9 Å². The molecule has 1 amide bonds. The molecular formula is C14H14N2O2. The fraction of sp³-hybridized carbons (Fsp3) is 0.0714. The van der Waals surface area contributed by atoms with Gasteiger partial charge in [-0.2, -0.15) is 0 Å². The van der Waals surface area contributed by atoms with E-state index in [1.807, 2.05) is 30.3 Å². The predicted octanol–water partition coefficient (Wildman–Crippen LogP) is 2.01. The van der Waals surface area contributed by atoms with Gasteiger partial charge in [-0.25, -0.2) is 0 Å². The van der Waals surface area contributed by atoms with Crippen molar-refractivity contribution in [2.75, 3.05) is 11.1 Å². The molecule has 0 spiro atoms. The highest BCUT2D eigenvalue weighted by molar-refractivity contribution is 6.04. The van der Waals surface area contributed by atoms with Gasteiger partial charge in [-0.1, -0.05) is 24.3 Å². The molecule has 0 aliphatic heterocycles. The zero-order chi connectivity index (χ0) is 13.0. The summed E-state index contributed by atoms with van der Waals surface area (Å²) >= 11 is 0. The maximum Gasteiger partial charge on any atom is 0.255 e. The van der Waals surface area contributed by atoms with Crippen LogP contribution in [0.5, 0.6) is 0 Å². The highest BCUT2D eigenvalue weighted by Gasteiger charge is 2.08. The van der Waals surface area contributed by atoms with E-state index in [4.69, 9.17) is 10.8 Å². The molecule has 0 aromatic heterocycles. The quantitative estimate of drug-likeness (QED) is 0.721. The fourth-order valence-corrected chi connectivity index (χ4v) is 1.60. The molecule has 2 aromatic carbocycles. The molecule has 0 aliphatic rings. The van der Waals surface area contributed by atoms with E-state index in [1.54, 1.807) is 18.2 Å². The van der Waals surface area contributed by atoms with Gasteiger partial charge in [-0.3, -0.25) is 4.79 Å². The Morgan fingerprint density at radius 1 is 1.17 bits per heavy atom. The van der Waals surface area contributed by atoms with Gasteiger partial charge in [0.05, 0.1) is 6.61 Å². The van der Waals surface area contributed by atoms with Crippen LogP contribution < -0.4 is 11.1 Å². The number of hydrogen-bond donors (Lipinski definition) is 3. The molecule has 4 nitrogen and oxygen atoms in total. The first-order chi connectivity index (χ1) is 8.70. The van der Waals surface area contributed by atoms with E-state index in [0.29, 0.717) is 16.8 Å². The van der Waals surface area contributed by atoms with Crippen molar-refractivity contribution in [3.05, 3.63) is 59.7 Å². The third-order valence-corrected chi connectivity index (χ3v) is 2.61. The van der Waals surface area contributed by atoms with Crippen molar-refractivity contribution in [2.24, 2.45) is 0 Å². The summed E-state index contributed by atoms with van der Waals surface area (Å²) in [4.78, 5) is 11.9. The number of amides is 1. The molecule has 0 saturated heterocycles. The molecule has 0 aliphatic carbocycles. The number of hydrogen-bond acceptors (Lipinski definition) is 3. The van der Waals surface area contributed by atoms with Crippen LogP contribution in [0.2, 0.25) is 0 Å². The molecule has 4 heteroatoms. The average molecular weight is 242 g/mol. The Labute approximate surface area is 105 Å². The van der Waals surface area contributed by atoms with E-state index < -0.39 is 0 Å². The van der Waals surface area contributed by atoms with Crippen LogP contribution in [0.25, 0.3) is 0 Å². The summed E-state index contributed by atoms with van der Waals surface area (Å²) in [5.74, 6) is -0.225. The number of para-hydroxylation sites is 1. The molecule has 0 atom stereocenters. The molecule has 0 fully saturated rings. The number of aliphatic hydroxyl groups excluding tert-OH is 1. The van der Waals surface area contributed by atoms with Gasteiger partial charge in [0, 0.05) is 22.5 Å².